The van der Waals surface area contributed by atoms with Gasteiger partial charge in [-0.3, -0.25) is 9.59 Å². The van der Waals surface area contributed by atoms with Crippen molar-refractivity contribution in [2.45, 2.75) is 25.8 Å². The number of likely N-dealkylation sites (tertiary alicyclic amines) is 1. The van der Waals surface area contributed by atoms with Gasteiger partial charge in [-0.05, 0) is 30.9 Å². The minimum absolute atomic E-state index is 0.368. The second-order valence-electron chi connectivity index (χ2n) is 6.86. The van der Waals surface area contributed by atoms with E-state index in [4.69, 9.17) is 0 Å². The lowest BCUT2D eigenvalue weighted by molar-refractivity contribution is -0.127. The van der Waals surface area contributed by atoms with Crippen molar-refractivity contribution >= 4 is 22.6 Å². The molecule has 1 amide bonds. The SMILES string of the molecule is O=C(C(=O)N1CCCCC1)c1cn(Cc2ccccc2)c2ccccc12. The van der Waals surface area contributed by atoms with Gasteiger partial charge in [0.15, 0.2) is 0 Å². The van der Waals surface area contributed by atoms with Crippen LogP contribution in [-0.4, -0.2) is 34.2 Å². The van der Waals surface area contributed by atoms with Gasteiger partial charge in [0.1, 0.15) is 0 Å². The molecule has 0 spiro atoms. The first-order valence-electron chi connectivity index (χ1n) is 9.19. The molecule has 0 saturated carbocycles. The molecule has 2 heterocycles. The van der Waals surface area contributed by atoms with Gasteiger partial charge in [0.25, 0.3) is 11.7 Å². The second-order valence-corrected chi connectivity index (χ2v) is 6.86. The van der Waals surface area contributed by atoms with Crippen LogP contribution in [0.5, 0.6) is 0 Å². The van der Waals surface area contributed by atoms with Gasteiger partial charge in [-0.2, -0.15) is 0 Å². The van der Waals surface area contributed by atoms with E-state index in [2.05, 4.69) is 16.7 Å². The molecule has 1 fully saturated rings. The fraction of sp³-hybridized carbons (Fsp3) is 0.273. The molecular formula is C22H22N2O2. The summed E-state index contributed by atoms with van der Waals surface area (Å²) in [7, 11) is 0. The Balaban J connectivity index is 1.69. The number of carbonyl (C=O) groups is 2. The first-order valence-corrected chi connectivity index (χ1v) is 9.19. The van der Waals surface area contributed by atoms with Gasteiger partial charge in [0.05, 0.1) is 5.56 Å². The molecule has 1 aliphatic heterocycles. The molecule has 26 heavy (non-hydrogen) atoms. The molecule has 2 aromatic carbocycles. The number of piperidine rings is 1. The van der Waals surface area contributed by atoms with Crippen LogP contribution in [0.2, 0.25) is 0 Å². The number of nitrogens with zero attached hydrogens (tertiary/aromatic N) is 2. The van der Waals surface area contributed by atoms with E-state index >= 15 is 0 Å². The summed E-state index contributed by atoms with van der Waals surface area (Å²) in [4.78, 5) is 27.3. The molecule has 132 valence electrons. The van der Waals surface area contributed by atoms with E-state index in [0.717, 1.165) is 35.7 Å². The number of ketones is 1. The number of amides is 1. The molecule has 3 aromatic rings. The third-order valence-electron chi connectivity index (χ3n) is 5.07. The summed E-state index contributed by atoms with van der Waals surface area (Å²) in [6.07, 6.45) is 4.93. The number of carbonyl (C=O) groups excluding carboxylic acids is 2. The second kappa shape index (κ2) is 7.16. The van der Waals surface area contributed by atoms with Crippen LogP contribution in [-0.2, 0) is 11.3 Å². The number of benzene rings is 2. The van der Waals surface area contributed by atoms with Crippen LogP contribution in [0.25, 0.3) is 10.9 Å². The molecule has 1 aliphatic rings. The van der Waals surface area contributed by atoms with Crippen molar-refractivity contribution < 1.29 is 9.59 Å². The van der Waals surface area contributed by atoms with Gasteiger partial charge in [0, 0.05) is 36.7 Å². The zero-order chi connectivity index (χ0) is 17.9. The highest BCUT2D eigenvalue weighted by molar-refractivity contribution is 6.44. The van der Waals surface area contributed by atoms with Crippen LogP contribution in [0.3, 0.4) is 0 Å². The fourth-order valence-electron chi connectivity index (χ4n) is 3.69. The highest BCUT2D eigenvalue weighted by Crippen LogP contribution is 2.24. The number of fused-ring (bicyclic) bond motifs is 1. The summed E-state index contributed by atoms with van der Waals surface area (Å²) in [5.74, 6) is -0.762. The van der Waals surface area contributed by atoms with Gasteiger partial charge in [0.2, 0.25) is 0 Å². The Morgan fingerprint density at radius 3 is 2.31 bits per heavy atom. The van der Waals surface area contributed by atoms with Crippen LogP contribution in [0.4, 0.5) is 0 Å². The normalized spacial score (nSPS) is 14.5. The Labute approximate surface area is 153 Å². The van der Waals surface area contributed by atoms with Gasteiger partial charge < -0.3 is 9.47 Å². The third-order valence-corrected chi connectivity index (χ3v) is 5.07. The van der Waals surface area contributed by atoms with E-state index in [-0.39, 0.29) is 5.91 Å². The summed E-state index contributed by atoms with van der Waals surface area (Å²) < 4.78 is 2.06. The molecular weight excluding hydrogens is 324 g/mol. The average Bonchev–Trinajstić information content (AvgIpc) is 3.07. The van der Waals surface area contributed by atoms with Crippen LogP contribution in [0, 0.1) is 0 Å². The summed E-state index contributed by atoms with van der Waals surface area (Å²) >= 11 is 0. The maximum Gasteiger partial charge on any atom is 0.295 e. The first-order chi connectivity index (χ1) is 12.7. The predicted molar refractivity (Wildman–Crippen MR) is 102 cm³/mol. The van der Waals surface area contributed by atoms with Crippen molar-refractivity contribution in [1.29, 1.82) is 0 Å². The zero-order valence-electron chi connectivity index (χ0n) is 14.7. The van der Waals surface area contributed by atoms with E-state index < -0.39 is 5.78 Å². The molecule has 0 atom stereocenters. The molecule has 0 aliphatic carbocycles. The van der Waals surface area contributed by atoms with E-state index in [1.54, 1.807) is 4.90 Å². The van der Waals surface area contributed by atoms with Gasteiger partial charge in [-0.25, -0.2) is 0 Å². The van der Waals surface area contributed by atoms with Crippen LogP contribution in [0.1, 0.15) is 35.2 Å². The maximum atomic E-state index is 12.9. The van der Waals surface area contributed by atoms with Gasteiger partial charge in [-0.15, -0.1) is 0 Å². The van der Waals surface area contributed by atoms with Crippen LogP contribution in [0.15, 0.2) is 60.8 Å². The number of hydrogen-bond donors (Lipinski definition) is 0. The van der Waals surface area contributed by atoms with E-state index in [9.17, 15) is 9.59 Å². The van der Waals surface area contributed by atoms with E-state index in [1.807, 2.05) is 48.7 Å². The van der Waals surface area contributed by atoms with Crippen molar-refractivity contribution in [2.75, 3.05) is 13.1 Å². The number of hydrogen-bond acceptors (Lipinski definition) is 2. The number of rotatable bonds is 4. The van der Waals surface area contributed by atoms with Gasteiger partial charge >= 0.3 is 0 Å². The minimum atomic E-state index is -0.394. The molecule has 4 rings (SSSR count). The maximum absolute atomic E-state index is 12.9. The van der Waals surface area contributed by atoms with Crippen LogP contribution >= 0.6 is 0 Å². The molecule has 0 bridgehead atoms. The highest BCUT2D eigenvalue weighted by atomic mass is 16.2. The largest absolute Gasteiger partial charge is 0.342 e. The zero-order valence-corrected chi connectivity index (χ0v) is 14.7. The monoisotopic (exact) mass is 346 g/mol. The molecule has 4 heteroatoms. The average molecular weight is 346 g/mol. The Hall–Kier alpha value is -2.88. The first kappa shape index (κ1) is 16.6. The topological polar surface area (TPSA) is 42.3 Å². The Bertz CT molecular complexity index is 937. The van der Waals surface area contributed by atoms with Crippen molar-refractivity contribution in [3.8, 4) is 0 Å². The lowest BCUT2D eigenvalue weighted by atomic mass is 10.1. The highest BCUT2D eigenvalue weighted by Gasteiger charge is 2.27. The minimum Gasteiger partial charge on any atom is -0.342 e. The lowest BCUT2D eigenvalue weighted by Gasteiger charge is -2.25. The van der Waals surface area contributed by atoms with Crippen molar-refractivity contribution in [3.05, 3.63) is 71.9 Å². The molecule has 1 saturated heterocycles. The summed E-state index contributed by atoms with van der Waals surface area (Å²) in [6.45, 7) is 2.05. The lowest BCUT2D eigenvalue weighted by Crippen LogP contribution is -2.40. The summed E-state index contributed by atoms with van der Waals surface area (Å²) in [6, 6.07) is 17.9. The van der Waals surface area contributed by atoms with E-state index in [0.29, 0.717) is 25.2 Å². The van der Waals surface area contributed by atoms with Crippen molar-refractivity contribution in [1.82, 2.24) is 9.47 Å². The third kappa shape index (κ3) is 3.15. The summed E-state index contributed by atoms with van der Waals surface area (Å²) in [5.41, 5.74) is 2.65. The van der Waals surface area contributed by atoms with Gasteiger partial charge in [-0.1, -0.05) is 48.5 Å². The molecule has 1 aromatic heterocycles. The Morgan fingerprint density at radius 1 is 0.846 bits per heavy atom. The smallest absolute Gasteiger partial charge is 0.295 e. The Morgan fingerprint density at radius 2 is 1.54 bits per heavy atom. The number of para-hydroxylation sites is 1. The van der Waals surface area contributed by atoms with Crippen molar-refractivity contribution in [3.63, 3.8) is 0 Å². The Kier molecular flexibility index (Phi) is 4.57. The summed E-state index contributed by atoms with van der Waals surface area (Å²) in [5, 5.41) is 0.846. The van der Waals surface area contributed by atoms with E-state index in [1.165, 1.54) is 0 Å². The number of aromatic nitrogens is 1. The fourth-order valence-corrected chi connectivity index (χ4v) is 3.69. The molecule has 4 nitrogen and oxygen atoms in total. The van der Waals surface area contributed by atoms with Crippen LogP contribution < -0.4 is 0 Å². The predicted octanol–water partition coefficient (Wildman–Crippen LogP) is 3.88. The van der Waals surface area contributed by atoms with Crippen molar-refractivity contribution in [2.24, 2.45) is 0 Å². The standard InChI is InChI=1S/C22H22N2O2/c25-21(22(26)23-13-7-2-8-14-23)19-16-24(15-17-9-3-1-4-10-17)20-12-6-5-11-18(19)20/h1,3-6,9-12,16H,2,7-8,13-15H2. The molecule has 0 radical (unpaired) electrons. The molecule has 0 N–H and O–H groups in total. The molecule has 0 unspecified atom stereocenters. The quantitative estimate of drug-likeness (QED) is 0.531. The number of Topliss-reactive ketones (excluding diaryl/α,β-unsaturated/α-hetero) is 1.